The fourth-order valence-electron chi connectivity index (χ4n) is 3.33. The summed E-state index contributed by atoms with van der Waals surface area (Å²) < 4.78 is 27.5. The average molecular weight is 419 g/mol. The molecule has 0 unspecified atom stereocenters. The van der Waals surface area contributed by atoms with Crippen molar-refractivity contribution in [1.29, 1.82) is 0 Å². The van der Waals surface area contributed by atoms with Crippen LogP contribution in [0.15, 0.2) is 58.3 Å². The zero-order chi connectivity index (χ0) is 20.3. The molecule has 0 aliphatic carbocycles. The molecule has 1 aliphatic heterocycles. The van der Waals surface area contributed by atoms with Gasteiger partial charge in [0.15, 0.2) is 0 Å². The van der Waals surface area contributed by atoms with Crippen LogP contribution >= 0.6 is 11.8 Å². The van der Waals surface area contributed by atoms with Crippen molar-refractivity contribution >= 4 is 33.4 Å². The van der Waals surface area contributed by atoms with Crippen LogP contribution in [-0.2, 0) is 10.0 Å². The van der Waals surface area contributed by atoms with E-state index < -0.39 is 10.0 Å². The molecule has 0 atom stereocenters. The smallest absolute Gasteiger partial charge is 0.264 e. The van der Waals surface area contributed by atoms with Gasteiger partial charge in [0.05, 0.1) is 16.1 Å². The van der Waals surface area contributed by atoms with Crippen molar-refractivity contribution in [2.45, 2.75) is 29.6 Å². The van der Waals surface area contributed by atoms with E-state index in [1.165, 1.54) is 29.2 Å². The molecule has 1 heterocycles. The van der Waals surface area contributed by atoms with Crippen molar-refractivity contribution in [2.75, 3.05) is 30.7 Å². The minimum Gasteiger partial charge on any atom is -0.339 e. The fraction of sp³-hybridized carbons (Fsp3) is 0.381. The first-order valence-corrected chi connectivity index (χ1v) is 12.0. The van der Waals surface area contributed by atoms with Gasteiger partial charge in [0.25, 0.3) is 15.9 Å². The van der Waals surface area contributed by atoms with Gasteiger partial charge >= 0.3 is 0 Å². The monoisotopic (exact) mass is 418 g/mol. The van der Waals surface area contributed by atoms with Crippen LogP contribution in [0.2, 0.25) is 0 Å². The van der Waals surface area contributed by atoms with Crippen LogP contribution in [0.4, 0.5) is 5.69 Å². The Kier molecular flexibility index (Phi) is 6.35. The predicted octanol–water partition coefficient (Wildman–Crippen LogP) is 4.11. The highest BCUT2D eigenvalue weighted by Crippen LogP contribution is 2.29. The first kappa shape index (κ1) is 20.7. The van der Waals surface area contributed by atoms with Crippen LogP contribution in [0.5, 0.6) is 0 Å². The molecule has 2 aromatic rings. The van der Waals surface area contributed by atoms with Gasteiger partial charge in [-0.25, -0.2) is 8.42 Å². The van der Waals surface area contributed by atoms with Crippen LogP contribution < -0.4 is 4.31 Å². The highest BCUT2D eigenvalue weighted by atomic mass is 32.2. The summed E-state index contributed by atoms with van der Waals surface area (Å²) in [5, 5.41) is 0. The summed E-state index contributed by atoms with van der Waals surface area (Å²) in [7, 11) is -2.23. The van der Waals surface area contributed by atoms with Crippen molar-refractivity contribution in [1.82, 2.24) is 4.90 Å². The lowest BCUT2D eigenvalue weighted by Gasteiger charge is -2.31. The van der Waals surface area contributed by atoms with Crippen LogP contribution in [0.1, 0.15) is 30.1 Å². The number of carbonyl (C=O) groups excluding carboxylic acids is 1. The number of amides is 1. The number of piperidine rings is 1. The minimum atomic E-state index is -3.76. The number of hydrogen-bond donors (Lipinski definition) is 0. The number of rotatable bonds is 5. The van der Waals surface area contributed by atoms with E-state index in [1.807, 2.05) is 17.2 Å². The van der Waals surface area contributed by atoms with E-state index >= 15 is 0 Å². The number of thioether (sulfide) groups is 1. The highest BCUT2D eigenvalue weighted by molar-refractivity contribution is 7.98. The van der Waals surface area contributed by atoms with E-state index in [9.17, 15) is 13.2 Å². The largest absolute Gasteiger partial charge is 0.339 e. The Balaban J connectivity index is 1.95. The van der Waals surface area contributed by atoms with Gasteiger partial charge in [-0.2, -0.15) is 0 Å². The van der Waals surface area contributed by atoms with Gasteiger partial charge in [-0.15, -0.1) is 11.8 Å². The lowest BCUT2D eigenvalue weighted by Crippen LogP contribution is -2.38. The summed E-state index contributed by atoms with van der Waals surface area (Å²) >= 11 is 1.46. The number of anilines is 1. The Bertz CT molecular complexity index is 937. The molecule has 0 saturated carbocycles. The molecular formula is C21H26N2O3S2. The van der Waals surface area contributed by atoms with Crippen molar-refractivity contribution < 1.29 is 13.2 Å². The first-order valence-electron chi connectivity index (χ1n) is 9.36. The summed E-state index contributed by atoms with van der Waals surface area (Å²) in [6, 6.07) is 13.8. The Morgan fingerprint density at radius 3 is 2.36 bits per heavy atom. The molecule has 2 aromatic carbocycles. The molecule has 0 N–H and O–H groups in total. The lowest BCUT2D eigenvalue weighted by atomic mass is 9.98. The standard InChI is InChI=1S/C21H26N2O3S2/c1-16-11-13-23(14-12-16)21(24)19-15-18(9-10-20(19)27-3)28(25,26)22(2)17-7-5-4-6-8-17/h4-10,15-16H,11-14H2,1-3H3. The number of sulfonamides is 1. The Hall–Kier alpha value is -1.99. The van der Waals surface area contributed by atoms with Gasteiger partial charge < -0.3 is 4.90 Å². The summed E-state index contributed by atoms with van der Waals surface area (Å²) in [6.45, 7) is 3.63. The quantitative estimate of drug-likeness (QED) is 0.686. The van der Waals surface area contributed by atoms with Crippen LogP contribution in [0.25, 0.3) is 0 Å². The van der Waals surface area contributed by atoms with E-state index in [-0.39, 0.29) is 10.8 Å². The molecule has 0 bridgehead atoms. The minimum absolute atomic E-state index is 0.0873. The molecule has 5 nitrogen and oxygen atoms in total. The summed E-state index contributed by atoms with van der Waals surface area (Å²) in [5.41, 5.74) is 1.04. The molecule has 1 fully saturated rings. The van der Waals surface area contributed by atoms with Crippen molar-refractivity contribution in [2.24, 2.45) is 5.92 Å². The molecular weight excluding hydrogens is 392 g/mol. The van der Waals surface area contributed by atoms with Gasteiger partial charge in [-0.1, -0.05) is 25.1 Å². The molecule has 0 radical (unpaired) electrons. The van der Waals surface area contributed by atoms with Crippen molar-refractivity contribution in [3.05, 3.63) is 54.1 Å². The maximum atomic E-state index is 13.1. The number of hydrogen-bond acceptors (Lipinski definition) is 4. The zero-order valence-electron chi connectivity index (χ0n) is 16.5. The second-order valence-electron chi connectivity index (χ2n) is 7.14. The SMILES string of the molecule is CSc1ccc(S(=O)(=O)N(C)c2ccccc2)cc1C(=O)N1CCC(C)CC1. The zero-order valence-corrected chi connectivity index (χ0v) is 18.1. The molecule has 1 aliphatic rings. The van der Waals surface area contributed by atoms with E-state index in [0.717, 1.165) is 17.7 Å². The third-order valence-corrected chi connectivity index (χ3v) is 7.83. The average Bonchev–Trinajstić information content (AvgIpc) is 2.73. The maximum absolute atomic E-state index is 13.1. The maximum Gasteiger partial charge on any atom is 0.264 e. The lowest BCUT2D eigenvalue weighted by molar-refractivity contribution is 0.0693. The summed E-state index contributed by atoms with van der Waals surface area (Å²) in [4.78, 5) is 15.9. The van der Waals surface area contributed by atoms with Crippen LogP contribution in [0, 0.1) is 5.92 Å². The van der Waals surface area contributed by atoms with Gasteiger partial charge in [-0.05, 0) is 55.3 Å². The molecule has 7 heteroatoms. The highest BCUT2D eigenvalue weighted by Gasteiger charge is 2.27. The van der Waals surface area contributed by atoms with E-state index in [4.69, 9.17) is 0 Å². The number of nitrogens with zero attached hydrogens (tertiary/aromatic N) is 2. The summed E-state index contributed by atoms with van der Waals surface area (Å²) in [6.07, 6.45) is 3.86. The Morgan fingerprint density at radius 1 is 1.11 bits per heavy atom. The molecule has 3 rings (SSSR count). The van der Waals surface area contributed by atoms with E-state index in [1.54, 1.807) is 36.4 Å². The molecule has 1 amide bonds. The molecule has 150 valence electrons. The van der Waals surface area contributed by atoms with Crippen molar-refractivity contribution in [3.8, 4) is 0 Å². The molecule has 28 heavy (non-hydrogen) atoms. The molecule has 0 spiro atoms. The third-order valence-electron chi connectivity index (χ3n) is 5.25. The van der Waals surface area contributed by atoms with Crippen molar-refractivity contribution in [3.63, 3.8) is 0 Å². The van der Waals surface area contributed by atoms with Gasteiger partial charge in [-0.3, -0.25) is 9.10 Å². The topological polar surface area (TPSA) is 57.7 Å². The first-order chi connectivity index (χ1) is 13.3. The van der Waals surface area contributed by atoms with Crippen LogP contribution in [-0.4, -0.2) is 45.6 Å². The second-order valence-corrected chi connectivity index (χ2v) is 9.96. The Labute approximate surface area is 171 Å². The Morgan fingerprint density at radius 2 is 1.75 bits per heavy atom. The molecule has 1 saturated heterocycles. The number of benzene rings is 2. The van der Waals surface area contributed by atoms with Gasteiger partial charge in [0, 0.05) is 25.0 Å². The second kappa shape index (κ2) is 8.57. The van der Waals surface area contributed by atoms with E-state index in [0.29, 0.717) is 30.3 Å². The fourth-order valence-corrected chi connectivity index (χ4v) is 5.12. The number of para-hydroxylation sites is 1. The predicted molar refractivity (Wildman–Crippen MR) is 115 cm³/mol. The number of carbonyl (C=O) groups is 1. The normalized spacial score (nSPS) is 15.5. The van der Waals surface area contributed by atoms with Gasteiger partial charge in [0.2, 0.25) is 0 Å². The molecule has 0 aromatic heterocycles. The van der Waals surface area contributed by atoms with Crippen LogP contribution in [0.3, 0.4) is 0 Å². The third kappa shape index (κ3) is 4.20. The van der Waals surface area contributed by atoms with E-state index in [2.05, 4.69) is 6.92 Å². The number of likely N-dealkylation sites (tertiary alicyclic amines) is 1. The van der Waals surface area contributed by atoms with Gasteiger partial charge in [0.1, 0.15) is 0 Å². The summed E-state index contributed by atoms with van der Waals surface area (Å²) in [5.74, 6) is 0.533.